The standard InChI is InChI=1S/C14H9ClN4O3/c15-12-11-8(3-4-17-12)9(14(21)22)6-19(11)7-1-2-10(13(16)20)18-5-7/h1-6H,(H2,16,20)(H,21,22). The lowest BCUT2D eigenvalue weighted by atomic mass is 10.2. The van der Waals surface area contributed by atoms with Crippen LogP contribution in [0.5, 0.6) is 0 Å². The van der Waals surface area contributed by atoms with Gasteiger partial charge in [0.25, 0.3) is 5.91 Å². The van der Waals surface area contributed by atoms with Crippen molar-refractivity contribution in [3.05, 3.63) is 53.2 Å². The van der Waals surface area contributed by atoms with Crippen LogP contribution >= 0.6 is 11.6 Å². The number of aromatic nitrogens is 3. The highest BCUT2D eigenvalue weighted by Crippen LogP contribution is 2.29. The van der Waals surface area contributed by atoms with E-state index in [2.05, 4.69) is 9.97 Å². The van der Waals surface area contributed by atoms with Crippen LogP contribution < -0.4 is 5.73 Å². The van der Waals surface area contributed by atoms with Crippen LogP contribution in [-0.2, 0) is 0 Å². The number of aromatic carboxylic acids is 1. The monoisotopic (exact) mass is 316 g/mol. The summed E-state index contributed by atoms with van der Waals surface area (Å²) >= 11 is 6.09. The van der Waals surface area contributed by atoms with Crippen molar-refractivity contribution < 1.29 is 14.7 Å². The third kappa shape index (κ3) is 2.17. The zero-order valence-electron chi connectivity index (χ0n) is 11.0. The van der Waals surface area contributed by atoms with Crippen molar-refractivity contribution in [2.75, 3.05) is 0 Å². The molecular weight excluding hydrogens is 308 g/mol. The molecule has 8 heteroatoms. The first-order chi connectivity index (χ1) is 10.5. The van der Waals surface area contributed by atoms with Crippen molar-refractivity contribution in [2.24, 2.45) is 5.73 Å². The lowest BCUT2D eigenvalue weighted by Crippen LogP contribution is -2.12. The minimum atomic E-state index is -1.08. The van der Waals surface area contributed by atoms with Gasteiger partial charge >= 0.3 is 5.97 Å². The second-order valence-electron chi connectivity index (χ2n) is 4.48. The third-order valence-electron chi connectivity index (χ3n) is 3.18. The van der Waals surface area contributed by atoms with E-state index in [-0.39, 0.29) is 16.4 Å². The van der Waals surface area contributed by atoms with Crippen LogP contribution in [-0.4, -0.2) is 31.5 Å². The molecule has 3 rings (SSSR count). The molecule has 0 aliphatic carbocycles. The molecule has 0 aliphatic rings. The van der Waals surface area contributed by atoms with Crippen LogP contribution in [0.1, 0.15) is 20.8 Å². The van der Waals surface area contributed by atoms with Crippen LogP contribution in [0.15, 0.2) is 36.8 Å². The first kappa shape index (κ1) is 14.0. The summed E-state index contributed by atoms with van der Waals surface area (Å²) in [5.41, 5.74) is 6.35. The summed E-state index contributed by atoms with van der Waals surface area (Å²) in [5.74, 6) is -1.72. The van der Waals surface area contributed by atoms with Gasteiger partial charge < -0.3 is 15.4 Å². The van der Waals surface area contributed by atoms with E-state index in [1.54, 1.807) is 16.7 Å². The summed E-state index contributed by atoms with van der Waals surface area (Å²) in [7, 11) is 0. The lowest BCUT2D eigenvalue weighted by Gasteiger charge is -2.06. The first-order valence-electron chi connectivity index (χ1n) is 6.14. The number of amides is 1. The average Bonchev–Trinajstić information content (AvgIpc) is 2.88. The van der Waals surface area contributed by atoms with Gasteiger partial charge in [0.1, 0.15) is 5.69 Å². The molecule has 0 bridgehead atoms. The molecule has 22 heavy (non-hydrogen) atoms. The van der Waals surface area contributed by atoms with Crippen molar-refractivity contribution in [1.82, 2.24) is 14.5 Å². The second-order valence-corrected chi connectivity index (χ2v) is 4.84. The zero-order valence-corrected chi connectivity index (χ0v) is 11.8. The highest BCUT2D eigenvalue weighted by Gasteiger charge is 2.18. The van der Waals surface area contributed by atoms with E-state index in [1.807, 2.05) is 0 Å². The van der Waals surface area contributed by atoms with Crippen LogP contribution in [0.4, 0.5) is 0 Å². The molecule has 7 nitrogen and oxygen atoms in total. The first-order valence-corrected chi connectivity index (χ1v) is 6.52. The topological polar surface area (TPSA) is 111 Å². The fraction of sp³-hybridized carbons (Fsp3) is 0. The summed E-state index contributed by atoms with van der Waals surface area (Å²) in [6.07, 6.45) is 4.28. The Hall–Kier alpha value is -2.93. The molecule has 3 N–H and O–H groups in total. The number of pyridine rings is 2. The number of fused-ring (bicyclic) bond motifs is 1. The molecule has 0 radical (unpaired) electrons. The molecule has 0 spiro atoms. The Balaban J connectivity index is 2.26. The summed E-state index contributed by atoms with van der Waals surface area (Å²) < 4.78 is 1.56. The maximum absolute atomic E-state index is 11.4. The quantitative estimate of drug-likeness (QED) is 0.716. The number of primary amides is 1. The van der Waals surface area contributed by atoms with Gasteiger partial charge in [0.15, 0.2) is 5.15 Å². The molecule has 0 aliphatic heterocycles. The van der Waals surface area contributed by atoms with Crippen LogP contribution in [0.25, 0.3) is 16.6 Å². The van der Waals surface area contributed by atoms with Crippen molar-refractivity contribution in [3.8, 4) is 5.69 Å². The summed E-state index contributed by atoms with van der Waals surface area (Å²) in [6, 6.07) is 4.63. The number of carboxylic acid groups (broad SMARTS) is 1. The van der Waals surface area contributed by atoms with E-state index in [0.29, 0.717) is 16.6 Å². The molecule has 0 atom stereocenters. The molecule has 3 aromatic rings. The number of hydrogen-bond acceptors (Lipinski definition) is 4. The Morgan fingerprint density at radius 3 is 2.59 bits per heavy atom. The van der Waals surface area contributed by atoms with E-state index in [1.165, 1.54) is 24.7 Å². The van der Waals surface area contributed by atoms with Crippen LogP contribution in [0.2, 0.25) is 5.15 Å². The van der Waals surface area contributed by atoms with Crippen LogP contribution in [0.3, 0.4) is 0 Å². The van der Waals surface area contributed by atoms with Crippen molar-refractivity contribution in [2.45, 2.75) is 0 Å². The summed E-state index contributed by atoms with van der Waals surface area (Å²) in [6.45, 7) is 0. The van der Waals surface area contributed by atoms with Crippen molar-refractivity contribution >= 4 is 34.4 Å². The molecular formula is C14H9ClN4O3. The van der Waals surface area contributed by atoms with Gasteiger partial charge in [-0.2, -0.15) is 0 Å². The Morgan fingerprint density at radius 1 is 1.23 bits per heavy atom. The Labute approximate surface area is 129 Å². The second kappa shape index (κ2) is 5.12. The molecule has 0 saturated carbocycles. The maximum atomic E-state index is 11.4. The highest BCUT2D eigenvalue weighted by molar-refractivity contribution is 6.34. The Kier molecular flexibility index (Phi) is 3.26. The van der Waals surface area contributed by atoms with Crippen molar-refractivity contribution in [3.63, 3.8) is 0 Å². The molecule has 3 heterocycles. The molecule has 1 amide bonds. The van der Waals surface area contributed by atoms with Crippen LogP contribution in [0, 0.1) is 0 Å². The molecule has 110 valence electrons. The fourth-order valence-electron chi connectivity index (χ4n) is 2.19. The van der Waals surface area contributed by atoms with E-state index in [9.17, 15) is 14.7 Å². The smallest absolute Gasteiger partial charge is 0.337 e. The fourth-order valence-corrected chi connectivity index (χ4v) is 2.44. The number of carbonyl (C=O) groups is 2. The van der Waals surface area contributed by atoms with Gasteiger partial charge in [-0.25, -0.2) is 14.8 Å². The molecule has 3 aromatic heterocycles. The number of hydrogen-bond donors (Lipinski definition) is 2. The number of halogens is 1. The normalized spacial score (nSPS) is 10.8. The number of nitrogens with zero attached hydrogens (tertiary/aromatic N) is 3. The van der Waals surface area contributed by atoms with Gasteiger partial charge in [0.05, 0.1) is 23.0 Å². The third-order valence-corrected chi connectivity index (χ3v) is 3.45. The minimum Gasteiger partial charge on any atom is -0.478 e. The minimum absolute atomic E-state index is 0.0956. The van der Waals surface area contributed by atoms with E-state index in [4.69, 9.17) is 17.3 Å². The Morgan fingerprint density at radius 2 is 2.00 bits per heavy atom. The highest BCUT2D eigenvalue weighted by atomic mass is 35.5. The van der Waals surface area contributed by atoms with Gasteiger partial charge in [-0.15, -0.1) is 0 Å². The molecule has 0 fully saturated rings. The number of rotatable bonds is 3. The molecule has 0 saturated heterocycles. The molecule has 0 unspecified atom stereocenters. The van der Waals surface area contributed by atoms with Crippen molar-refractivity contribution in [1.29, 1.82) is 0 Å². The summed E-state index contributed by atoms with van der Waals surface area (Å²) in [4.78, 5) is 30.3. The van der Waals surface area contributed by atoms with Gasteiger partial charge in [-0.3, -0.25) is 4.79 Å². The van der Waals surface area contributed by atoms with Gasteiger partial charge in [-0.1, -0.05) is 11.6 Å². The maximum Gasteiger partial charge on any atom is 0.337 e. The number of nitrogens with two attached hydrogens (primary N) is 1. The SMILES string of the molecule is NC(=O)c1ccc(-n2cc(C(=O)O)c3ccnc(Cl)c32)cn1. The average molecular weight is 317 g/mol. The number of carboxylic acids is 1. The van der Waals surface area contributed by atoms with E-state index in [0.717, 1.165) is 0 Å². The lowest BCUT2D eigenvalue weighted by molar-refractivity contribution is 0.0698. The Bertz CT molecular complexity index is 902. The predicted octanol–water partition coefficient (Wildman–Crippen LogP) is 1.87. The van der Waals surface area contributed by atoms with E-state index >= 15 is 0 Å². The molecule has 0 aromatic carbocycles. The largest absolute Gasteiger partial charge is 0.478 e. The van der Waals surface area contributed by atoms with Gasteiger partial charge in [0, 0.05) is 17.8 Å². The van der Waals surface area contributed by atoms with E-state index < -0.39 is 11.9 Å². The van der Waals surface area contributed by atoms with Gasteiger partial charge in [0.2, 0.25) is 0 Å². The summed E-state index contributed by atoms with van der Waals surface area (Å²) in [5, 5.41) is 9.93. The van der Waals surface area contributed by atoms with Gasteiger partial charge in [-0.05, 0) is 18.2 Å². The number of carbonyl (C=O) groups excluding carboxylic acids is 1. The zero-order chi connectivity index (χ0) is 15.9. The predicted molar refractivity (Wildman–Crippen MR) is 79.4 cm³/mol.